The van der Waals surface area contributed by atoms with E-state index in [9.17, 15) is 9.59 Å². The van der Waals surface area contributed by atoms with Crippen LogP contribution in [0.2, 0.25) is 0 Å². The lowest BCUT2D eigenvalue weighted by Crippen LogP contribution is -2.43. The summed E-state index contributed by atoms with van der Waals surface area (Å²) in [6.45, 7) is 4.34. The zero-order valence-electron chi connectivity index (χ0n) is 10.9. The van der Waals surface area contributed by atoms with Crippen LogP contribution in [0.25, 0.3) is 0 Å². The normalized spacial score (nSPS) is 17.8. The third-order valence-corrected chi connectivity index (χ3v) is 3.39. The van der Waals surface area contributed by atoms with Crippen molar-refractivity contribution in [3.8, 4) is 0 Å². The number of carboxylic acid groups (broad SMARTS) is 2. The first-order chi connectivity index (χ1) is 8.97. The van der Waals surface area contributed by atoms with Crippen molar-refractivity contribution in [1.82, 2.24) is 5.32 Å². The summed E-state index contributed by atoms with van der Waals surface area (Å²) >= 11 is 0. The number of ether oxygens (including phenoxy) is 1. The van der Waals surface area contributed by atoms with Crippen molar-refractivity contribution < 1.29 is 24.5 Å². The number of nitrogens with one attached hydrogen (secondary N) is 1. The summed E-state index contributed by atoms with van der Waals surface area (Å²) in [6, 6.07) is 0. The average molecular weight is 271 g/mol. The fraction of sp³-hybridized carbons (Fsp3) is 0.692. The van der Waals surface area contributed by atoms with Crippen LogP contribution in [0.4, 0.5) is 0 Å². The van der Waals surface area contributed by atoms with E-state index in [1.807, 2.05) is 0 Å². The Morgan fingerprint density at radius 2 is 1.79 bits per heavy atom. The molecular weight excluding hydrogens is 250 g/mol. The Morgan fingerprint density at radius 3 is 2.16 bits per heavy atom. The molecule has 19 heavy (non-hydrogen) atoms. The zero-order chi connectivity index (χ0) is 14.3. The lowest BCUT2D eigenvalue weighted by Gasteiger charge is -2.34. The van der Waals surface area contributed by atoms with Crippen molar-refractivity contribution in [2.75, 3.05) is 6.61 Å². The van der Waals surface area contributed by atoms with Gasteiger partial charge in [0, 0.05) is 18.4 Å². The first kappa shape index (κ1) is 15.5. The Kier molecular flexibility index (Phi) is 5.82. The van der Waals surface area contributed by atoms with Crippen LogP contribution >= 0.6 is 0 Å². The van der Waals surface area contributed by atoms with Crippen LogP contribution in [-0.2, 0) is 14.3 Å². The molecule has 1 unspecified atom stereocenters. The standard InChI is InChI=1S/C13H21NO5/c1-2-14-13(7-4-11(15)16,8-5-12(17)18)6-3-10-9-19-10/h2,10,14H,1,3-9H2,(H,15,16)(H,17,18). The van der Waals surface area contributed by atoms with E-state index in [1.165, 1.54) is 6.20 Å². The topological polar surface area (TPSA) is 99.2 Å². The van der Waals surface area contributed by atoms with Gasteiger partial charge in [-0.2, -0.15) is 0 Å². The lowest BCUT2D eigenvalue weighted by molar-refractivity contribution is -0.137. The quantitative estimate of drug-likeness (QED) is 0.491. The number of epoxide rings is 1. The van der Waals surface area contributed by atoms with Gasteiger partial charge in [0.15, 0.2) is 0 Å². The van der Waals surface area contributed by atoms with Crippen LogP contribution in [0.15, 0.2) is 12.8 Å². The fourth-order valence-electron chi connectivity index (χ4n) is 2.17. The highest BCUT2D eigenvalue weighted by Crippen LogP contribution is 2.29. The summed E-state index contributed by atoms with van der Waals surface area (Å²) in [5.41, 5.74) is -0.523. The maximum absolute atomic E-state index is 10.7. The van der Waals surface area contributed by atoms with Crippen LogP contribution < -0.4 is 5.32 Å². The summed E-state index contributed by atoms with van der Waals surface area (Å²) in [5, 5.41) is 20.7. The van der Waals surface area contributed by atoms with Crippen molar-refractivity contribution in [3.05, 3.63) is 12.8 Å². The molecule has 108 valence electrons. The molecule has 1 atom stereocenters. The Hall–Kier alpha value is -1.56. The van der Waals surface area contributed by atoms with Gasteiger partial charge in [-0.05, 0) is 31.9 Å². The summed E-state index contributed by atoms with van der Waals surface area (Å²) in [7, 11) is 0. The summed E-state index contributed by atoms with van der Waals surface area (Å²) in [5.74, 6) is -1.76. The van der Waals surface area contributed by atoms with Crippen molar-refractivity contribution >= 4 is 11.9 Å². The van der Waals surface area contributed by atoms with E-state index in [0.29, 0.717) is 19.3 Å². The van der Waals surface area contributed by atoms with Gasteiger partial charge in [0.25, 0.3) is 0 Å². The Bertz CT molecular complexity index is 320. The van der Waals surface area contributed by atoms with Crippen LogP contribution in [-0.4, -0.2) is 40.4 Å². The fourth-order valence-corrected chi connectivity index (χ4v) is 2.17. The Morgan fingerprint density at radius 1 is 1.26 bits per heavy atom. The minimum absolute atomic E-state index is 0.00594. The monoisotopic (exact) mass is 271 g/mol. The SMILES string of the molecule is C=CNC(CCC(=O)O)(CCC(=O)O)CCC1CO1. The van der Waals surface area contributed by atoms with E-state index in [1.54, 1.807) is 0 Å². The molecule has 1 saturated heterocycles. The summed E-state index contributed by atoms with van der Waals surface area (Å²) in [6.07, 6.45) is 4.02. The third kappa shape index (κ3) is 6.24. The highest BCUT2D eigenvalue weighted by molar-refractivity contribution is 5.67. The molecule has 1 aliphatic heterocycles. The molecule has 0 spiro atoms. The van der Waals surface area contributed by atoms with E-state index in [2.05, 4.69) is 11.9 Å². The van der Waals surface area contributed by atoms with Crippen molar-refractivity contribution in [1.29, 1.82) is 0 Å². The molecule has 0 aliphatic carbocycles. The molecule has 1 aliphatic rings. The molecule has 0 aromatic carbocycles. The van der Waals surface area contributed by atoms with E-state index in [-0.39, 0.29) is 18.9 Å². The molecule has 1 rings (SSSR count). The van der Waals surface area contributed by atoms with Gasteiger partial charge < -0.3 is 20.3 Å². The number of aliphatic carboxylic acids is 2. The molecule has 0 radical (unpaired) electrons. The van der Waals surface area contributed by atoms with Gasteiger partial charge in [-0.15, -0.1) is 0 Å². The molecule has 0 aromatic heterocycles. The van der Waals surface area contributed by atoms with E-state index < -0.39 is 17.5 Å². The second-order valence-electron chi connectivity index (χ2n) is 4.91. The van der Waals surface area contributed by atoms with Gasteiger partial charge in [-0.25, -0.2) is 0 Å². The number of carbonyl (C=O) groups is 2. The number of hydrogen-bond acceptors (Lipinski definition) is 4. The molecule has 0 saturated carbocycles. The van der Waals surface area contributed by atoms with Gasteiger partial charge in [0.05, 0.1) is 12.7 Å². The van der Waals surface area contributed by atoms with Gasteiger partial charge >= 0.3 is 11.9 Å². The Labute approximate surface area is 112 Å². The maximum Gasteiger partial charge on any atom is 0.303 e. The molecular formula is C13H21NO5. The van der Waals surface area contributed by atoms with Gasteiger partial charge in [0.2, 0.25) is 0 Å². The van der Waals surface area contributed by atoms with Gasteiger partial charge in [-0.3, -0.25) is 9.59 Å². The Balaban J connectivity index is 2.63. The minimum Gasteiger partial charge on any atom is -0.481 e. The van der Waals surface area contributed by atoms with Crippen LogP contribution in [0.1, 0.15) is 38.5 Å². The van der Waals surface area contributed by atoms with E-state index >= 15 is 0 Å². The van der Waals surface area contributed by atoms with Crippen molar-refractivity contribution in [3.63, 3.8) is 0 Å². The van der Waals surface area contributed by atoms with E-state index in [4.69, 9.17) is 14.9 Å². The highest BCUT2D eigenvalue weighted by Gasteiger charge is 2.33. The third-order valence-electron chi connectivity index (χ3n) is 3.39. The molecule has 1 fully saturated rings. The summed E-state index contributed by atoms with van der Waals surface area (Å²) in [4.78, 5) is 21.5. The molecule has 1 heterocycles. The molecule has 6 nitrogen and oxygen atoms in total. The molecule has 3 N–H and O–H groups in total. The largest absolute Gasteiger partial charge is 0.481 e. The average Bonchev–Trinajstić information content (AvgIpc) is 3.15. The minimum atomic E-state index is -0.881. The van der Waals surface area contributed by atoms with Gasteiger partial charge in [0.1, 0.15) is 0 Å². The predicted octanol–water partition coefficient (Wildman–Crippen LogP) is 1.37. The molecule has 6 heteroatoms. The smallest absolute Gasteiger partial charge is 0.303 e. The first-order valence-corrected chi connectivity index (χ1v) is 6.41. The molecule has 0 bridgehead atoms. The van der Waals surface area contributed by atoms with Crippen LogP contribution in [0.3, 0.4) is 0 Å². The zero-order valence-corrected chi connectivity index (χ0v) is 10.9. The molecule has 0 amide bonds. The second-order valence-corrected chi connectivity index (χ2v) is 4.91. The van der Waals surface area contributed by atoms with Crippen molar-refractivity contribution in [2.24, 2.45) is 0 Å². The van der Waals surface area contributed by atoms with Gasteiger partial charge in [-0.1, -0.05) is 6.58 Å². The van der Waals surface area contributed by atoms with Crippen molar-refractivity contribution in [2.45, 2.75) is 50.2 Å². The maximum atomic E-state index is 10.7. The lowest BCUT2D eigenvalue weighted by atomic mass is 9.83. The van der Waals surface area contributed by atoms with Crippen LogP contribution in [0, 0.1) is 0 Å². The number of carboxylic acids is 2. The predicted molar refractivity (Wildman–Crippen MR) is 68.8 cm³/mol. The highest BCUT2D eigenvalue weighted by atomic mass is 16.6. The second kappa shape index (κ2) is 7.13. The first-order valence-electron chi connectivity index (χ1n) is 6.41. The summed E-state index contributed by atoms with van der Waals surface area (Å²) < 4.78 is 5.15. The van der Waals surface area contributed by atoms with Crippen LogP contribution in [0.5, 0.6) is 0 Å². The number of hydrogen-bond donors (Lipinski definition) is 3. The van der Waals surface area contributed by atoms with E-state index in [0.717, 1.165) is 13.0 Å². The molecule has 0 aromatic rings. The number of rotatable bonds is 11.